The van der Waals surface area contributed by atoms with Gasteiger partial charge in [-0.1, -0.05) is 12.5 Å². The molecule has 1 aliphatic rings. The minimum atomic E-state index is -0.420. The molecule has 3 atom stereocenters. The number of nitrogens with one attached hydrogen (secondary N) is 3. The molecule has 0 aromatic heterocycles. The Morgan fingerprint density at radius 2 is 2.13 bits per heavy atom. The van der Waals surface area contributed by atoms with E-state index in [4.69, 9.17) is 5.26 Å². The van der Waals surface area contributed by atoms with Gasteiger partial charge in [0.15, 0.2) is 0 Å². The number of anilines is 1. The van der Waals surface area contributed by atoms with Crippen LogP contribution in [0.3, 0.4) is 0 Å². The highest BCUT2D eigenvalue weighted by Crippen LogP contribution is 2.26. The smallest absolute Gasteiger partial charge is 0.241 e. The van der Waals surface area contributed by atoms with Crippen LogP contribution in [0.25, 0.3) is 0 Å². The van der Waals surface area contributed by atoms with Crippen LogP contribution in [0, 0.1) is 17.2 Å². The van der Waals surface area contributed by atoms with Gasteiger partial charge >= 0.3 is 0 Å². The maximum atomic E-state index is 12.3. The summed E-state index contributed by atoms with van der Waals surface area (Å²) in [6.07, 6.45) is 2.71. The topological polar surface area (TPSA) is 94.0 Å². The number of hydrogen-bond donors (Lipinski definition) is 3. The summed E-state index contributed by atoms with van der Waals surface area (Å²) in [5.41, 5.74) is 1.09. The largest absolute Gasteiger partial charge is 0.359 e. The first-order chi connectivity index (χ1) is 11.0. The Labute approximate surface area is 136 Å². The van der Waals surface area contributed by atoms with Crippen molar-refractivity contribution in [3.63, 3.8) is 0 Å². The van der Waals surface area contributed by atoms with Crippen molar-refractivity contribution in [3.8, 4) is 6.07 Å². The highest BCUT2D eigenvalue weighted by molar-refractivity contribution is 5.94. The second kappa shape index (κ2) is 7.75. The molecule has 0 heterocycles. The summed E-state index contributed by atoms with van der Waals surface area (Å²) in [7, 11) is 1.63. The molecule has 122 valence electrons. The zero-order valence-electron chi connectivity index (χ0n) is 13.4. The first-order valence-electron chi connectivity index (χ1n) is 7.84. The highest BCUT2D eigenvalue weighted by Gasteiger charge is 2.33. The Kier molecular flexibility index (Phi) is 5.72. The highest BCUT2D eigenvalue weighted by atomic mass is 16.2. The van der Waals surface area contributed by atoms with E-state index in [1.807, 2.05) is 6.07 Å². The minimum absolute atomic E-state index is 0.0149. The van der Waals surface area contributed by atoms with E-state index < -0.39 is 6.04 Å². The molecule has 6 heteroatoms. The van der Waals surface area contributed by atoms with Crippen LogP contribution >= 0.6 is 0 Å². The van der Waals surface area contributed by atoms with E-state index in [1.165, 1.54) is 0 Å². The van der Waals surface area contributed by atoms with E-state index in [1.54, 1.807) is 38.2 Å². The number of hydrogen-bond acceptors (Lipinski definition) is 4. The van der Waals surface area contributed by atoms with E-state index in [0.717, 1.165) is 19.3 Å². The van der Waals surface area contributed by atoms with Crippen LogP contribution in [0.2, 0.25) is 0 Å². The van der Waals surface area contributed by atoms with Crippen molar-refractivity contribution < 1.29 is 9.59 Å². The summed E-state index contributed by atoms with van der Waals surface area (Å²) in [6.45, 7) is 1.78. The Hall–Kier alpha value is -2.39. The standard InChI is InChI=1S/C17H22N4O2/c1-11(20-15-8-4-7-14(15)17(23)19-2)16(22)21-13-6-3-5-12(9-13)10-18/h3,5-6,9,11,14-15,20H,4,7-8H2,1-2H3,(H,19,23)(H,21,22)/t11-,14+,15-/m0/s1. The average molecular weight is 314 g/mol. The summed E-state index contributed by atoms with van der Waals surface area (Å²) in [5, 5.41) is 17.6. The Bertz CT molecular complexity index is 623. The molecule has 1 aromatic rings. The van der Waals surface area contributed by atoms with Crippen LogP contribution in [-0.4, -0.2) is 30.9 Å². The van der Waals surface area contributed by atoms with E-state index in [9.17, 15) is 9.59 Å². The summed E-state index contributed by atoms with van der Waals surface area (Å²) in [5.74, 6) is -0.242. The zero-order valence-corrected chi connectivity index (χ0v) is 13.4. The monoisotopic (exact) mass is 314 g/mol. The van der Waals surface area contributed by atoms with Crippen molar-refractivity contribution in [2.75, 3.05) is 12.4 Å². The molecule has 0 aliphatic heterocycles. The Morgan fingerprint density at radius 3 is 2.83 bits per heavy atom. The van der Waals surface area contributed by atoms with Gasteiger partial charge in [0, 0.05) is 18.8 Å². The molecule has 1 fully saturated rings. The summed E-state index contributed by atoms with van der Waals surface area (Å²) < 4.78 is 0. The fourth-order valence-corrected chi connectivity index (χ4v) is 2.97. The molecule has 1 aromatic carbocycles. The summed E-state index contributed by atoms with van der Waals surface area (Å²) in [6, 6.07) is 8.42. The van der Waals surface area contributed by atoms with Gasteiger partial charge in [0.1, 0.15) is 0 Å². The third kappa shape index (κ3) is 4.30. The third-order valence-corrected chi connectivity index (χ3v) is 4.22. The number of nitrogens with zero attached hydrogens (tertiary/aromatic N) is 1. The number of rotatable bonds is 5. The second-order valence-corrected chi connectivity index (χ2v) is 5.83. The SMILES string of the molecule is CNC(=O)[C@@H]1CCC[C@@H]1N[C@@H](C)C(=O)Nc1cccc(C#N)c1. The van der Waals surface area contributed by atoms with E-state index in [2.05, 4.69) is 16.0 Å². The fourth-order valence-electron chi connectivity index (χ4n) is 2.97. The number of carbonyl (C=O) groups excluding carboxylic acids is 2. The molecule has 0 spiro atoms. The van der Waals surface area contributed by atoms with Crippen LogP contribution in [0.4, 0.5) is 5.69 Å². The van der Waals surface area contributed by atoms with Gasteiger partial charge in [0.05, 0.1) is 23.6 Å². The first kappa shape index (κ1) is 17.0. The number of amides is 2. The van der Waals surface area contributed by atoms with E-state index in [0.29, 0.717) is 11.3 Å². The average Bonchev–Trinajstić information content (AvgIpc) is 3.02. The van der Waals surface area contributed by atoms with Gasteiger partial charge in [-0.2, -0.15) is 5.26 Å². The van der Waals surface area contributed by atoms with E-state index >= 15 is 0 Å². The van der Waals surface area contributed by atoms with Gasteiger partial charge in [-0.15, -0.1) is 0 Å². The van der Waals surface area contributed by atoms with Crippen molar-refractivity contribution in [1.82, 2.24) is 10.6 Å². The second-order valence-electron chi connectivity index (χ2n) is 5.83. The van der Waals surface area contributed by atoms with Gasteiger partial charge in [-0.25, -0.2) is 0 Å². The van der Waals surface area contributed by atoms with Crippen molar-refractivity contribution in [3.05, 3.63) is 29.8 Å². The van der Waals surface area contributed by atoms with Gasteiger partial charge in [0.25, 0.3) is 0 Å². The predicted molar refractivity (Wildman–Crippen MR) is 87.6 cm³/mol. The number of carbonyl (C=O) groups is 2. The molecular weight excluding hydrogens is 292 g/mol. The lowest BCUT2D eigenvalue weighted by Crippen LogP contribution is -2.48. The number of nitriles is 1. The van der Waals surface area contributed by atoms with Crippen LogP contribution in [-0.2, 0) is 9.59 Å². The van der Waals surface area contributed by atoms with Crippen molar-refractivity contribution in [2.45, 2.75) is 38.3 Å². The Morgan fingerprint density at radius 1 is 1.35 bits per heavy atom. The molecule has 1 aliphatic carbocycles. The lowest BCUT2D eigenvalue weighted by atomic mass is 10.0. The molecule has 0 saturated heterocycles. The molecule has 2 rings (SSSR count). The minimum Gasteiger partial charge on any atom is -0.359 e. The molecule has 3 N–H and O–H groups in total. The molecular formula is C17H22N4O2. The van der Waals surface area contributed by atoms with Crippen molar-refractivity contribution in [2.24, 2.45) is 5.92 Å². The van der Waals surface area contributed by atoms with Crippen molar-refractivity contribution in [1.29, 1.82) is 5.26 Å². The number of benzene rings is 1. The molecule has 0 radical (unpaired) electrons. The predicted octanol–water partition coefficient (Wildman–Crippen LogP) is 1.39. The summed E-state index contributed by atoms with van der Waals surface area (Å²) >= 11 is 0. The third-order valence-electron chi connectivity index (χ3n) is 4.22. The molecule has 0 unspecified atom stereocenters. The maximum absolute atomic E-state index is 12.3. The molecule has 6 nitrogen and oxygen atoms in total. The fraction of sp³-hybridized carbons (Fsp3) is 0.471. The lowest BCUT2D eigenvalue weighted by Gasteiger charge is -2.23. The maximum Gasteiger partial charge on any atom is 0.241 e. The van der Waals surface area contributed by atoms with Gasteiger partial charge in [0.2, 0.25) is 11.8 Å². The quantitative estimate of drug-likeness (QED) is 0.765. The molecule has 1 saturated carbocycles. The molecule has 23 heavy (non-hydrogen) atoms. The van der Waals surface area contributed by atoms with Crippen LogP contribution in [0.1, 0.15) is 31.7 Å². The van der Waals surface area contributed by atoms with Crippen LogP contribution in [0.5, 0.6) is 0 Å². The van der Waals surface area contributed by atoms with Gasteiger partial charge < -0.3 is 16.0 Å². The van der Waals surface area contributed by atoms with Crippen molar-refractivity contribution >= 4 is 17.5 Å². The van der Waals surface area contributed by atoms with Gasteiger partial charge in [-0.3, -0.25) is 9.59 Å². The molecule has 2 amide bonds. The van der Waals surface area contributed by atoms with Crippen LogP contribution < -0.4 is 16.0 Å². The summed E-state index contributed by atoms with van der Waals surface area (Å²) in [4.78, 5) is 24.1. The van der Waals surface area contributed by atoms with E-state index in [-0.39, 0.29) is 23.8 Å². The normalized spacial score (nSPS) is 21.3. The Balaban J connectivity index is 1.94. The zero-order chi connectivity index (χ0) is 16.8. The van der Waals surface area contributed by atoms with Crippen LogP contribution in [0.15, 0.2) is 24.3 Å². The first-order valence-corrected chi connectivity index (χ1v) is 7.84. The lowest BCUT2D eigenvalue weighted by molar-refractivity contribution is -0.125. The molecule has 0 bridgehead atoms. The van der Waals surface area contributed by atoms with Gasteiger partial charge in [-0.05, 0) is 38.0 Å².